The first-order valence-corrected chi connectivity index (χ1v) is 8.78. The van der Waals surface area contributed by atoms with Gasteiger partial charge in [0.05, 0.1) is 0 Å². The van der Waals surface area contributed by atoms with Crippen LogP contribution in [0, 0.1) is 5.92 Å². The van der Waals surface area contributed by atoms with Crippen LogP contribution < -0.4 is 5.32 Å². The quantitative estimate of drug-likeness (QED) is 0.814. The van der Waals surface area contributed by atoms with E-state index in [0.29, 0.717) is 0 Å². The fraction of sp³-hybridized carbons (Fsp3) is 1.00. The lowest BCUT2D eigenvalue weighted by Crippen LogP contribution is -2.46. The second-order valence-corrected chi connectivity index (χ2v) is 6.80. The third-order valence-corrected chi connectivity index (χ3v) is 5.23. The van der Waals surface area contributed by atoms with Crippen LogP contribution in [-0.4, -0.2) is 36.6 Å². The summed E-state index contributed by atoms with van der Waals surface area (Å²) < 4.78 is 0. The van der Waals surface area contributed by atoms with E-state index in [-0.39, 0.29) is 0 Å². The lowest BCUT2D eigenvalue weighted by molar-refractivity contribution is 0.137. The Kier molecular flexibility index (Phi) is 6.66. The summed E-state index contributed by atoms with van der Waals surface area (Å²) in [4.78, 5) is 2.80. The predicted molar refractivity (Wildman–Crippen MR) is 83.5 cm³/mol. The molecule has 0 bridgehead atoms. The zero-order valence-corrected chi connectivity index (χ0v) is 13.2. The van der Waals surface area contributed by atoms with Gasteiger partial charge in [-0.1, -0.05) is 32.6 Å². The third-order valence-electron chi connectivity index (χ3n) is 5.23. The topological polar surface area (TPSA) is 15.3 Å². The van der Waals surface area contributed by atoms with E-state index in [1.54, 1.807) is 0 Å². The van der Waals surface area contributed by atoms with Crippen LogP contribution in [0.2, 0.25) is 0 Å². The number of nitrogens with one attached hydrogen (secondary N) is 1. The molecule has 0 amide bonds. The Morgan fingerprint density at radius 1 is 1.00 bits per heavy atom. The average molecular weight is 266 g/mol. The van der Waals surface area contributed by atoms with Crippen LogP contribution >= 0.6 is 0 Å². The standard InChI is InChI=1S/C17H34N2/c1-3-12-18-17-11-7-6-10-16(17)14-19-13-8-4-5-9-15(19)2/h15-18H,3-14H2,1-2H3. The molecular weight excluding hydrogens is 232 g/mol. The Hall–Kier alpha value is -0.0800. The smallest absolute Gasteiger partial charge is 0.0107 e. The van der Waals surface area contributed by atoms with E-state index in [2.05, 4.69) is 24.1 Å². The summed E-state index contributed by atoms with van der Waals surface area (Å²) in [6.07, 6.45) is 12.7. The number of rotatable bonds is 5. The Balaban J connectivity index is 1.86. The predicted octanol–water partition coefficient (Wildman–Crippen LogP) is 3.81. The first-order valence-electron chi connectivity index (χ1n) is 8.78. The van der Waals surface area contributed by atoms with Gasteiger partial charge in [0.25, 0.3) is 0 Å². The van der Waals surface area contributed by atoms with Gasteiger partial charge in [-0.3, -0.25) is 0 Å². The second kappa shape index (κ2) is 8.26. The van der Waals surface area contributed by atoms with Crippen molar-refractivity contribution >= 4 is 0 Å². The van der Waals surface area contributed by atoms with Gasteiger partial charge in [0, 0.05) is 18.6 Å². The van der Waals surface area contributed by atoms with Crippen molar-refractivity contribution < 1.29 is 0 Å². The van der Waals surface area contributed by atoms with Crippen LogP contribution in [0.4, 0.5) is 0 Å². The summed E-state index contributed by atoms with van der Waals surface area (Å²) in [6.45, 7) is 8.63. The minimum Gasteiger partial charge on any atom is -0.314 e. The molecule has 112 valence electrons. The molecule has 1 saturated heterocycles. The highest BCUT2D eigenvalue weighted by molar-refractivity contribution is 4.85. The number of likely N-dealkylation sites (tertiary alicyclic amines) is 1. The van der Waals surface area contributed by atoms with Gasteiger partial charge in [-0.2, -0.15) is 0 Å². The van der Waals surface area contributed by atoms with E-state index in [1.807, 2.05) is 0 Å². The molecule has 2 aliphatic rings. The zero-order chi connectivity index (χ0) is 13.5. The molecule has 3 unspecified atom stereocenters. The minimum absolute atomic E-state index is 0.796. The normalized spacial score (nSPS) is 34.1. The Morgan fingerprint density at radius 2 is 1.79 bits per heavy atom. The Labute approximate surface area is 120 Å². The van der Waals surface area contributed by atoms with Gasteiger partial charge in [0.2, 0.25) is 0 Å². The van der Waals surface area contributed by atoms with Crippen molar-refractivity contribution in [3.63, 3.8) is 0 Å². The molecule has 2 rings (SSSR count). The molecule has 3 atom stereocenters. The fourth-order valence-corrected chi connectivity index (χ4v) is 3.93. The van der Waals surface area contributed by atoms with Gasteiger partial charge in [-0.05, 0) is 58.0 Å². The van der Waals surface area contributed by atoms with Gasteiger partial charge >= 0.3 is 0 Å². The lowest BCUT2D eigenvalue weighted by Gasteiger charge is -2.38. The van der Waals surface area contributed by atoms with E-state index in [9.17, 15) is 0 Å². The molecule has 19 heavy (non-hydrogen) atoms. The molecule has 0 spiro atoms. The highest BCUT2D eigenvalue weighted by Gasteiger charge is 2.28. The number of nitrogens with zero attached hydrogens (tertiary/aromatic N) is 1. The molecule has 1 saturated carbocycles. The summed E-state index contributed by atoms with van der Waals surface area (Å²) in [5.74, 6) is 0.904. The number of hydrogen-bond donors (Lipinski definition) is 1. The molecular formula is C17H34N2. The molecule has 1 heterocycles. The van der Waals surface area contributed by atoms with E-state index >= 15 is 0 Å². The lowest BCUT2D eigenvalue weighted by atomic mass is 9.83. The average Bonchev–Trinajstić information content (AvgIpc) is 2.63. The van der Waals surface area contributed by atoms with E-state index in [4.69, 9.17) is 0 Å². The van der Waals surface area contributed by atoms with Gasteiger partial charge in [-0.25, -0.2) is 0 Å². The maximum absolute atomic E-state index is 3.81. The SMILES string of the molecule is CCCNC1CCCCC1CN1CCCCCC1C. The van der Waals surface area contributed by atoms with Gasteiger partial charge in [-0.15, -0.1) is 0 Å². The van der Waals surface area contributed by atoms with E-state index in [0.717, 1.165) is 18.0 Å². The number of hydrogen-bond acceptors (Lipinski definition) is 2. The first kappa shape index (κ1) is 15.3. The highest BCUT2D eigenvalue weighted by Crippen LogP contribution is 2.27. The second-order valence-electron chi connectivity index (χ2n) is 6.80. The summed E-state index contributed by atoms with van der Waals surface area (Å²) in [7, 11) is 0. The first-order chi connectivity index (χ1) is 9.31. The summed E-state index contributed by atoms with van der Waals surface area (Å²) in [5.41, 5.74) is 0. The summed E-state index contributed by atoms with van der Waals surface area (Å²) >= 11 is 0. The summed E-state index contributed by atoms with van der Waals surface area (Å²) in [5, 5.41) is 3.81. The molecule has 0 aromatic carbocycles. The van der Waals surface area contributed by atoms with Crippen molar-refractivity contribution in [2.45, 2.75) is 83.7 Å². The van der Waals surface area contributed by atoms with Crippen LogP contribution in [0.3, 0.4) is 0 Å². The summed E-state index contributed by atoms with van der Waals surface area (Å²) in [6, 6.07) is 1.61. The Morgan fingerprint density at radius 3 is 2.63 bits per heavy atom. The van der Waals surface area contributed by atoms with Crippen molar-refractivity contribution in [3.8, 4) is 0 Å². The molecule has 1 aliphatic carbocycles. The molecule has 0 radical (unpaired) electrons. The van der Waals surface area contributed by atoms with E-state index in [1.165, 1.54) is 77.4 Å². The van der Waals surface area contributed by atoms with Crippen LogP contribution in [0.5, 0.6) is 0 Å². The maximum Gasteiger partial charge on any atom is 0.0107 e. The van der Waals surface area contributed by atoms with Crippen LogP contribution in [0.1, 0.15) is 71.6 Å². The van der Waals surface area contributed by atoms with Crippen molar-refractivity contribution in [2.24, 2.45) is 5.92 Å². The fourth-order valence-electron chi connectivity index (χ4n) is 3.93. The monoisotopic (exact) mass is 266 g/mol. The maximum atomic E-state index is 3.81. The van der Waals surface area contributed by atoms with E-state index < -0.39 is 0 Å². The molecule has 2 nitrogen and oxygen atoms in total. The third kappa shape index (κ3) is 4.75. The molecule has 1 aliphatic heterocycles. The van der Waals surface area contributed by atoms with Crippen LogP contribution in [0.25, 0.3) is 0 Å². The van der Waals surface area contributed by atoms with Crippen molar-refractivity contribution in [2.75, 3.05) is 19.6 Å². The van der Waals surface area contributed by atoms with Gasteiger partial charge < -0.3 is 10.2 Å². The van der Waals surface area contributed by atoms with Crippen molar-refractivity contribution in [1.29, 1.82) is 0 Å². The van der Waals surface area contributed by atoms with Crippen molar-refractivity contribution in [3.05, 3.63) is 0 Å². The van der Waals surface area contributed by atoms with Gasteiger partial charge in [0.15, 0.2) is 0 Å². The molecule has 2 heteroatoms. The van der Waals surface area contributed by atoms with Crippen molar-refractivity contribution in [1.82, 2.24) is 10.2 Å². The highest BCUT2D eigenvalue weighted by atomic mass is 15.2. The Bertz CT molecular complexity index is 241. The molecule has 0 aromatic rings. The van der Waals surface area contributed by atoms with Gasteiger partial charge in [0.1, 0.15) is 0 Å². The minimum atomic E-state index is 0.796. The largest absolute Gasteiger partial charge is 0.314 e. The molecule has 2 fully saturated rings. The zero-order valence-electron chi connectivity index (χ0n) is 13.2. The molecule has 1 N–H and O–H groups in total. The van der Waals surface area contributed by atoms with Crippen LogP contribution in [0.15, 0.2) is 0 Å². The molecule has 0 aromatic heterocycles. The van der Waals surface area contributed by atoms with Crippen LogP contribution in [-0.2, 0) is 0 Å².